The first-order chi connectivity index (χ1) is 9.95. The predicted molar refractivity (Wildman–Crippen MR) is 82.2 cm³/mol. The van der Waals surface area contributed by atoms with Crippen LogP contribution in [0.1, 0.15) is 38.7 Å². The second-order valence-corrected chi connectivity index (χ2v) is 5.32. The van der Waals surface area contributed by atoms with Gasteiger partial charge in [-0.3, -0.25) is 0 Å². The lowest BCUT2D eigenvalue weighted by Gasteiger charge is -2.29. The summed E-state index contributed by atoms with van der Waals surface area (Å²) >= 11 is 6.10. The number of carbonyl (C=O) groups is 1. The number of aryl methyl sites for hydroxylation is 1. The molecule has 1 aromatic carbocycles. The zero-order chi connectivity index (χ0) is 15.9. The fraction of sp³-hybridized carbons (Fsp3) is 0.562. The van der Waals surface area contributed by atoms with Crippen LogP contribution in [-0.4, -0.2) is 30.1 Å². The fourth-order valence-electron chi connectivity index (χ4n) is 2.03. The Morgan fingerprint density at radius 3 is 2.48 bits per heavy atom. The molecule has 21 heavy (non-hydrogen) atoms. The predicted octanol–water partition coefficient (Wildman–Crippen LogP) is 3.34. The highest BCUT2D eigenvalue weighted by Crippen LogP contribution is 2.23. The van der Waals surface area contributed by atoms with E-state index in [0.717, 1.165) is 5.56 Å². The minimum absolute atomic E-state index is 0.402. The smallest absolute Gasteiger partial charge is 0.335 e. The van der Waals surface area contributed by atoms with Gasteiger partial charge in [0.15, 0.2) is 11.9 Å². The Morgan fingerprint density at radius 1 is 1.33 bits per heavy atom. The lowest BCUT2D eigenvalue weighted by Crippen LogP contribution is -2.39. The van der Waals surface area contributed by atoms with Crippen LogP contribution in [0, 0.1) is 0 Å². The van der Waals surface area contributed by atoms with Crippen molar-refractivity contribution in [3.8, 4) is 0 Å². The Labute approximate surface area is 131 Å². The van der Waals surface area contributed by atoms with Crippen molar-refractivity contribution in [2.75, 3.05) is 7.11 Å². The van der Waals surface area contributed by atoms with Crippen LogP contribution in [0.15, 0.2) is 24.3 Å². The second kappa shape index (κ2) is 8.37. The topological polar surface area (TPSA) is 55.8 Å². The number of methoxy groups -OCH3 is 1. The Balaban J connectivity index is 2.75. The van der Waals surface area contributed by atoms with Crippen molar-refractivity contribution >= 4 is 17.6 Å². The summed E-state index contributed by atoms with van der Waals surface area (Å²) in [5.41, 5.74) is 0.938. The molecule has 0 aromatic heterocycles. The summed E-state index contributed by atoms with van der Waals surface area (Å²) in [7, 11) is 1.31. The number of ether oxygens (including phenoxy) is 2. The Morgan fingerprint density at radius 2 is 1.95 bits per heavy atom. The molecule has 0 aliphatic carbocycles. The first-order valence-electron chi connectivity index (χ1n) is 7.17. The van der Waals surface area contributed by atoms with Crippen LogP contribution in [0.3, 0.4) is 0 Å². The van der Waals surface area contributed by atoms with Gasteiger partial charge in [-0.25, -0.2) is 4.79 Å². The molecule has 0 unspecified atom stereocenters. The molecule has 0 saturated heterocycles. The molecular weight excluding hydrogens is 292 g/mol. The maximum absolute atomic E-state index is 11.8. The quantitative estimate of drug-likeness (QED) is 0.590. The molecule has 0 fully saturated rings. The highest BCUT2D eigenvalue weighted by atomic mass is 35.5. The van der Waals surface area contributed by atoms with Crippen LogP contribution >= 0.6 is 11.6 Å². The van der Waals surface area contributed by atoms with Gasteiger partial charge in [-0.2, -0.15) is 0 Å². The van der Waals surface area contributed by atoms with Crippen molar-refractivity contribution in [2.45, 2.75) is 51.4 Å². The van der Waals surface area contributed by atoms with E-state index in [-0.39, 0.29) is 0 Å². The van der Waals surface area contributed by atoms with Gasteiger partial charge in [0.25, 0.3) is 0 Å². The van der Waals surface area contributed by atoms with Gasteiger partial charge in [-0.05, 0) is 37.3 Å². The average Bonchev–Trinajstić information content (AvgIpc) is 2.51. The van der Waals surface area contributed by atoms with Crippen LogP contribution in [0.25, 0.3) is 0 Å². The molecule has 0 aliphatic heterocycles. The molecule has 1 rings (SSSR count). The molecule has 5 heteroatoms. The van der Waals surface area contributed by atoms with Gasteiger partial charge in [-0.1, -0.05) is 43.6 Å². The van der Waals surface area contributed by atoms with E-state index in [1.54, 1.807) is 6.07 Å². The summed E-state index contributed by atoms with van der Waals surface area (Å²) in [5.74, 6) is -1.79. The van der Waals surface area contributed by atoms with Crippen molar-refractivity contribution in [2.24, 2.45) is 0 Å². The van der Waals surface area contributed by atoms with E-state index < -0.39 is 17.9 Å². The Kier molecular flexibility index (Phi) is 7.15. The van der Waals surface area contributed by atoms with Gasteiger partial charge in [0, 0.05) is 5.02 Å². The number of halogens is 1. The third-order valence-corrected chi connectivity index (χ3v) is 3.93. The van der Waals surface area contributed by atoms with E-state index in [4.69, 9.17) is 21.1 Å². The maximum Gasteiger partial charge on any atom is 0.335 e. The molecule has 0 amide bonds. The number of hydrogen-bond acceptors (Lipinski definition) is 4. The zero-order valence-corrected chi connectivity index (χ0v) is 13.5. The third-order valence-electron chi connectivity index (χ3n) is 3.56. The van der Waals surface area contributed by atoms with Crippen LogP contribution in [0.2, 0.25) is 5.02 Å². The molecule has 0 radical (unpaired) electrons. The summed E-state index contributed by atoms with van der Waals surface area (Å²) in [6, 6.07) is 7.46. The zero-order valence-electron chi connectivity index (χ0n) is 12.8. The van der Waals surface area contributed by atoms with Crippen molar-refractivity contribution in [1.82, 2.24) is 0 Å². The van der Waals surface area contributed by atoms with E-state index in [1.165, 1.54) is 7.11 Å². The van der Waals surface area contributed by atoms with Crippen LogP contribution < -0.4 is 0 Å². The highest BCUT2D eigenvalue weighted by Gasteiger charge is 2.31. The van der Waals surface area contributed by atoms with Gasteiger partial charge in [0.1, 0.15) is 0 Å². The first-order valence-corrected chi connectivity index (χ1v) is 7.55. The molecule has 118 valence electrons. The number of benzene rings is 1. The molecule has 0 saturated carbocycles. The summed E-state index contributed by atoms with van der Waals surface area (Å²) in [4.78, 5) is 11.8. The van der Waals surface area contributed by atoms with Gasteiger partial charge < -0.3 is 14.6 Å². The maximum atomic E-state index is 11.8. The highest BCUT2D eigenvalue weighted by molar-refractivity contribution is 6.31. The van der Waals surface area contributed by atoms with Gasteiger partial charge >= 0.3 is 5.97 Å². The molecule has 4 nitrogen and oxygen atoms in total. The molecule has 0 spiro atoms. The van der Waals surface area contributed by atoms with Crippen LogP contribution in [0.5, 0.6) is 0 Å². The molecular formula is C16H23ClO4. The Bertz CT molecular complexity index is 457. The molecule has 0 heterocycles. The number of hydrogen-bond donors (Lipinski definition) is 1. The third kappa shape index (κ3) is 5.30. The summed E-state index contributed by atoms with van der Waals surface area (Å²) in [6.07, 6.45) is 0.976. The monoisotopic (exact) mass is 314 g/mol. The number of esters is 1. The molecule has 1 N–H and O–H groups in total. The minimum Gasteiger partial charge on any atom is -0.467 e. The molecule has 0 aliphatic rings. The lowest BCUT2D eigenvalue weighted by atomic mass is 10.1. The van der Waals surface area contributed by atoms with Crippen LogP contribution in [0.4, 0.5) is 0 Å². The van der Waals surface area contributed by atoms with E-state index in [1.807, 2.05) is 32.0 Å². The lowest BCUT2D eigenvalue weighted by molar-refractivity contribution is -0.238. The summed E-state index contributed by atoms with van der Waals surface area (Å²) < 4.78 is 10.3. The normalized spacial score (nSPS) is 13.0. The Hall–Kier alpha value is -1.10. The molecule has 1 atom stereocenters. The van der Waals surface area contributed by atoms with Crippen LogP contribution in [-0.2, 0) is 20.7 Å². The van der Waals surface area contributed by atoms with Crippen molar-refractivity contribution in [1.29, 1.82) is 0 Å². The SMILES string of the molecule is CCC(O)(CC)O[C@@H](CCc1ccccc1Cl)C(=O)OC. The van der Waals surface area contributed by atoms with E-state index in [0.29, 0.717) is 30.7 Å². The average molecular weight is 315 g/mol. The first kappa shape index (κ1) is 18.0. The van der Waals surface area contributed by atoms with Gasteiger partial charge in [0.2, 0.25) is 0 Å². The summed E-state index contributed by atoms with van der Waals surface area (Å²) in [5, 5.41) is 10.9. The van der Waals surface area contributed by atoms with Gasteiger partial charge in [-0.15, -0.1) is 0 Å². The van der Waals surface area contributed by atoms with Crippen molar-refractivity contribution < 1.29 is 19.4 Å². The standard InChI is InChI=1S/C16H23ClO4/c1-4-16(19,5-2)21-14(15(18)20-3)11-10-12-8-6-7-9-13(12)17/h6-9,14,19H,4-5,10-11H2,1-3H3/t14-/m0/s1. The summed E-state index contributed by atoms with van der Waals surface area (Å²) in [6.45, 7) is 3.62. The van der Waals surface area contributed by atoms with Gasteiger partial charge in [0.05, 0.1) is 7.11 Å². The van der Waals surface area contributed by atoms with E-state index >= 15 is 0 Å². The largest absolute Gasteiger partial charge is 0.467 e. The number of carbonyl (C=O) groups excluding carboxylic acids is 1. The molecule has 0 bridgehead atoms. The van der Waals surface area contributed by atoms with E-state index in [9.17, 15) is 9.90 Å². The van der Waals surface area contributed by atoms with Crippen molar-refractivity contribution in [3.63, 3.8) is 0 Å². The second-order valence-electron chi connectivity index (χ2n) is 4.91. The number of rotatable bonds is 8. The van der Waals surface area contributed by atoms with E-state index in [2.05, 4.69) is 0 Å². The number of aliphatic hydroxyl groups is 1. The fourth-order valence-corrected chi connectivity index (χ4v) is 2.26. The molecule has 1 aromatic rings. The minimum atomic E-state index is -1.31. The van der Waals surface area contributed by atoms with Crippen molar-refractivity contribution in [3.05, 3.63) is 34.9 Å².